The van der Waals surface area contributed by atoms with Gasteiger partial charge in [0.1, 0.15) is 0 Å². The zero-order valence-electron chi connectivity index (χ0n) is 12.6. The van der Waals surface area contributed by atoms with Gasteiger partial charge in [-0.3, -0.25) is 0 Å². The molecule has 0 fully saturated rings. The summed E-state index contributed by atoms with van der Waals surface area (Å²) in [7, 11) is -5.80. The van der Waals surface area contributed by atoms with E-state index in [1.807, 2.05) is 58.9 Å². The molecule has 0 aromatic rings. The van der Waals surface area contributed by atoms with Crippen LogP contribution in [-0.4, -0.2) is 25.0 Å². The molecule has 0 aliphatic rings. The molecule has 8 heteroatoms. The Bertz CT molecular complexity index is 253. The molecular weight excluding hydrogens is 307 g/mol. The second-order valence-corrected chi connectivity index (χ2v) is 24.2. The summed E-state index contributed by atoms with van der Waals surface area (Å²) in [5.74, 6) is 0. The van der Waals surface area contributed by atoms with Crippen LogP contribution >= 0.6 is 0 Å². The van der Waals surface area contributed by atoms with E-state index in [4.69, 9.17) is 10.1 Å². The third kappa shape index (κ3) is 10.5. The summed E-state index contributed by atoms with van der Waals surface area (Å²) in [5.41, 5.74) is 0. The van der Waals surface area contributed by atoms with E-state index in [-0.39, 0.29) is 0 Å². The van der Waals surface area contributed by atoms with Crippen molar-refractivity contribution in [2.24, 2.45) is 0 Å². The van der Waals surface area contributed by atoms with E-state index >= 15 is 0 Å². The summed E-state index contributed by atoms with van der Waals surface area (Å²) in [6, 6.07) is 0. The van der Waals surface area contributed by atoms with Crippen molar-refractivity contribution < 1.29 is 28.8 Å². The third-order valence-electron chi connectivity index (χ3n) is 1.16. The van der Waals surface area contributed by atoms with Gasteiger partial charge < -0.3 is 0 Å². The molecule has 0 amide bonds. The minimum absolute atomic E-state index is 1.93. The third-order valence-corrected chi connectivity index (χ3v) is 14.3. The molecular formula is C9H27O4Si3V. The van der Waals surface area contributed by atoms with Crippen LogP contribution in [0, 0.1) is 0 Å². The molecule has 0 heterocycles. The fourth-order valence-corrected chi connectivity index (χ4v) is 14.5. The summed E-state index contributed by atoms with van der Waals surface area (Å²) in [6.45, 7) is 18.0. The first-order valence-corrected chi connectivity index (χ1v) is 18.3. The molecule has 0 saturated heterocycles. The molecule has 17 heavy (non-hydrogen) atoms. The molecule has 0 saturated carbocycles. The SMILES string of the molecule is C[Si](C)(C)[O][V](=[O])([O][Si](C)(C)C)[O][Si](C)(C)C. The van der Waals surface area contributed by atoms with Crippen LogP contribution in [0.4, 0.5) is 0 Å². The average Bonchev–Trinajstić information content (AvgIpc) is 1.65. The molecule has 0 aliphatic heterocycles. The monoisotopic (exact) mass is 334 g/mol. The van der Waals surface area contributed by atoms with Gasteiger partial charge in [-0.2, -0.15) is 0 Å². The van der Waals surface area contributed by atoms with Gasteiger partial charge in [-0.25, -0.2) is 0 Å². The van der Waals surface area contributed by atoms with Crippen molar-refractivity contribution in [2.75, 3.05) is 0 Å². The average molecular weight is 335 g/mol. The molecule has 0 aromatic carbocycles. The summed E-state index contributed by atoms with van der Waals surface area (Å²) in [4.78, 5) is 0. The van der Waals surface area contributed by atoms with E-state index in [1.165, 1.54) is 0 Å². The van der Waals surface area contributed by atoms with Crippen molar-refractivity contribution in [1.29, 1.82) is 0 Å². The summed E-state index contributed by atoms with van der Waals surface area (Å²) in [5, 5.41) is 0. The minimum atomic E-state index is -4.10. The van der Waals surface area contributed by atoms with E-state index in [2.05, 4.69) is 0 Å². The van der Waals surface area contributed by atoms with Crippen molar-refractivity contribution in [1.82, 2.24) is 0 Å². The first-order chi connectivity index (χ1) is 7.12. The Morgan fingerprint density at radius 1 is 0.588 bits per heavy atom. The van der Waals surface area contributed by atoms with Gasteiger partial charge in [-0.15, -0.1) is 0 Å². The quantitative estimate of drug-likeness (QED) is 0.693. The molecule has 0 radical (unpaired) electrons. The molecule has 0 aromatic heterocycles. The van der Waals surface area contributed by atoms with Crippen LogP contribution in [0.5, 0.6) is 0 Å². The second kappa shape index (κ2) is 5.50. The van der Waals surface area contributed by atoms with Gasteiger partial charge >= 0.3 is 113 Å². The van der Waals surface area contributed by atoms with Crippen molar-refractivity contribution in [3.05, 3.63) is 0 Å². The Hall–Kier alpha value is 0.915. The molecule has 0 unspecified atom stereocenters. The molecule has 0 bridgehead atoms. The van der Waals surface area contributed by atoms with Crippen molar-refractivity contribution in [2.45, 2.75) is 58.9 Å². The van der Waals surface area contributed by atoms with Crippen LogP contribution in [0.2, 0.25) is 58.9 Å². The van der Waals surface area contributed by atoms with E-state index in [0.29, 0.717) is 0 Å². The predicted octanol–water partition coefficient (Wildman–Crippen LogP) is 3.79. The maximum absolute atomic E-state index is 12.8. The van der Waals surface area contributed by atoms with E-state index in [0.717, 1.165) is 0 Å². The van der Waals surface area contributed by atoms with Crippen LogP contribution in [0.3, 0.4) is 0 Å². The summed E-state index contributed by atoms with van der Waals surface area (Å²) < 4.78 is 30.0. The van der Waals surface area contributed by atoms with Crippen LogP contribution in [-0.2, 0) is 28.8 Å². The zero-order valence-corrected chi connectivity index (χ0v) is 17.0. The van der Waals surface area contributed by atoms with Gasteiger partial charge in [0.15, 0.2) is 0 Å². The molecule has 0 spiro atoms. The van der Waals surface area contributed by atoms with E-state index < -0.39 is 40.0 Å². The van der Waals surface area contributed by atoms with Crippen LogP contribution in [0.1, 0.15) is 0 Å². The van der Waals surface area contributed by atoms with Gasteiger partial charge in [-0.05, 0) is 0 Å². The van der Waals surface area contributed by atoms with Crippen molar-refractivity contribution in [3.8, 4) is 0 Å². The van der Waals surface area contributed by atoms with Gasteiger partial charge in [0, 0.05) is 0 Å². The second-order valence-electron chi connectivity index (χ2n) is 7.06. The molecule has 0 atom stereocenters. The summed E-state index contributed by atoms with van der Waals surface area (Å²) >= 11 is -4.10. The fraction of sp³-hybridized carbons (Fsp3) is 1.00. The van der Waals surface area contributed by atoms with Crippen molar-refractivity contribution in [3.63, 3.8) is 0 Å². The summed E-state index contributed by atoms with van der Waals surface area (Å²) in [6.07, 6.45) is 0. The molecule has 0 aliphatic carbocycles. The predicted molar refractivity (Wildman–Crippen MR) is 74.0 cm³/mol. The van der Waals surface area contributed by atoms with E-state index in [9.17, 15) is 3.67 Å². The maximum atomic E-state index is 12.8. The Balaban J connectivity index is 5.03. The first kappa shape index (κ1) is 17.9. The zero-order chi connectivity index (χ0) is 14.1. The van der Waals surface area contributed by atoms with Crippen LogP contribution in [0.25, 0.3) is 0 Å². The van der Waals surface area contributed by atoms with E-state index in [1.54, 1.807) is 0 Å². The van der Waals surface area contributed by atoms with Crippen molar-refractivity contribution >= 4 is 25.0 Å². The molecule has 0 N–H and O–H groups in total. The normalized spacial score (nSPS) is 15.1. The van der Waals surface area contributed by atoms with Gasteiger partial charge in [0.2, 0.25) is 0 Å². The topological polar surface area (TPSA) is 44.8 Å². The van der Waals surface area contributed by atoms with Crippen LogP contribution in [0.15, 0.2) is 0 Å². The number of hydrogen-bond donors (Lipinski definition) is 0. The molecule has 4 nitrogen and oxygen atoms in total. The van der Waals surface area contributed by atoms with Gasteiger partial charge in [0.05, 0.1) is 0 Å². The fourth-order valence-electron chi connectivity index (χ4n) is 1.06. The Morgan fingerprint density at radius 2 is 0.765 bits per heavy atom. The number of hydrogen-bond acceptors (Lipinski definition) is 4. The Labute approximate surface area is 112 Å². The standard InChI is InChI=1S/3C3H9OSi.O.V/c3*1-5(2,3)4;;/h3*1-3H3;;/q3*-1;;+3. The first-order valence-electron chi connectivity index (χ1n) is 5.84. The van der Waals surface area contributed by atoms with Crippen LogP contribution < -0.4 is 0 Å². The Morgan fingerprint density at radius 3 is 0.882 bits per heavy atom. The Kier molecular flexibility index (Phi) is 5.79. The molecule has 104 valence electrons. The van der Waals surface area contributed by atoms with Gasteiger partial charge in [-0.1, -0.05) is 0 Å². The van der Waals surface area contributed by atoms with Gasteiger partial charge in [0.25, 0.3) is 0 Å². The molecule has 0 rings (SSSR count). The number of rotatable bonds is 6.